The maximum Gasteiger partial charge on any atom is 0.269 e. The Hall–Kier alpha value is -2.83. The third-order valence-electron chi connectivity index (χ3n) is 3.66. The van der Waals surface area contributed by atoms with Crippen molar-refractivity contribution in [3.63, 3.8) is 0 Å². The van der Waals surface area contributed by atoms with Crippen molar-refractivity contribution in [2.45, 2.75) is 6.54 Å². The van der Waals surface area contributed by atoms with Gasteiger partial charge in [0.1, 0.15) is 11.6 Å². The summed E-state index contributed by atoms with van der Waals surface area (Å²) in [6, 6.07) is 20.6. The third kappa shape index (κ3) is 3.03. The zero-order valence-electron chi connectivity index (χ0n) is 12.2. The average Bonchev–Trinajstić information content (AvgIpc) is 2.59. The van der Waals surface area contributed by atoms with E-state index in [9.17, 15) is 10.1 Å². The Bertz CT molecular complexity index is 940. The molecule has 1 heterocycles. The summed E-state index contributed by atoms with van der Waals surface area (Å²) in [6.07, 6.45) is 1.70. The van der Waals surface area contributed by atoms with Gasteiger partial charge in [-0.05, 0) is 23.3 Å². The van der Waals surface area contributed by atoms with Gasteiger partial charge in [-0.25, -0.2) is 0 Å². The summed E-state index contributed by atoms with van der Waals surface area (Å²) in [5.74, 6) is 0. The summed E-state index contributed by atoms with van der Waals surface area (Å²) in [7, 11) is 0. The summed E-state index contributed by atoms with van der Waals surface area (Å²) >= 11 is 6.15. The number of hydrogen-bond acceptors (Lipinski definition) is 2. The quantitative estimate of drug-likeness (QED) is 0.729. The second kappa shape index (κ2) is 6.51. The molecule has 0 fully saturated rings. The van der Waals surface area contributed by atoms with Gasteiger partial charge < -0.3 is 4.57 Å². The highest BCUT2D eigenvalue weighted by atomic mass is 35.5. The molecule has 4 heteroatoms. The van der Waals surface area contributed by atoms with Gasteiger partial charge >= 0.3 is 0 Å². The number of rotatable bonds is 3. The molecule has 0 N–H and O–H groups in total. The minimum absolute atomic E-state index is 0.144. The summed E-state index contributed by atoms with van der Waals surface area (Å²) in [4.78, 5) is 12.6. The van der Waals surface area contributed by atoms with Crippen molar-refractivity contribution in [2.75, 3.05) is 0 Å². The fourth-order valence-corrected chi connectivity index (χ4v) is 2.67. The normalized spacial score (nSPS) is 10.3. The van der Waals surface area contributed by atoms with Crippen LogP contribution in [-0.4, -0.2) is 4.57 Å². The molecule has 0 radical (unpaired) electrons. The first kappa shape index (κ1) is 15.1. The highest BCUT2D eigenvalue weighted by molar-refractivity contribution is 6.31. The van der Waals surface area contributed by atoms with Gasteiger partial charge in [-0.1, -0.05) is 60.1 Å². The monoisotopic (exact) mass is 320 g/mol. The van der Waals surface area contributed by atoms with Crippen molar-refractivity contribution < 1.29 is 0 Å². The van der Waals surface area contributed by atoms with E-state index < -0.39 is 0 Å². The van der Waals surface area contributed by atoms with Gasteiger partial charge in [0, 0.05) is 16.8 Å². The Morgan fingerprint density at radius 3 is 2.39 bits per heavy atom. The Balaban J connectivity index is 2.07. The number of aromatic nitrogens is 1. The minimum atomic E-state index is -0.311. The molecule has 0 aliphatic heterocycles. The summed E-state index contributed by atoms with van der Waals surface area (Å²) in [5.41, 5.74) is 2.17. The van der Waals surface area contributed by atoms with Crippen LogP contribution in [0, 0.1) is 11.3 Å². The van der Waals surface area contributed by atoms with Crippen LogP contribution >= 0.6 is 11.6 Å². The molecule has 0 atom stereocenters. The van der Waals surface area contributed by atoms with Gasteiger partial charge in [0.2, 0.25) is 0 Å². The van der Waals surface area contributed by atoms with Gasteiger partial charge in [0.15, 0.2) is 0 Å². The molecule has 112 valence electrons. The second-order valence-electron chi connectivity index (χ2n) is 5.11. The van der Waals surface area contributed by atoms with E-state index in [0.717, 1.165) is 11.1 Å². The number of hydrogen-bond donors (Lipinski definition) is 0. The Kier molecular flexibility index (Phi) is 4.27. The molecule has 1 aromatic heterocycles. The lowest BCUT2D eigenvalue weighted by molar-refractivity contribution is 0.757. The Morgan fingerprint density at radius 2 is 1.70 bits per heavy atom. The van der Waals surface area contributed by atoms with Crippen molar-refractivity contribution in [1.82, 2.24) is 4.57 Å². The number of pyridine rings is 1. The number of benzene rings is 2. The molecule has 0 aliphatic rings. The van der Waals surface area contributed by atoms with E-state index in [1.54, 1.807) is 18.3 Å². The highest BCUT2D eigenvalue weighted by Crippen LogP contribution is 2.21. The number of nitrogens with zero attached hydrogens (tertiary/aromatic N) is 2. The lowest BCUT2D eigenvalue weighted by atomic mass is 10.0. The van der Waals surface area contributed by atoms with Crippen molar-refractivity contribution in [1.29, 1.82) is 5.26 Å². The molecule has 0 unspecified atom stereocenters. The first-order chi connectivity index (χ1) is 11.2. The lowest BCUT2D eigenvalue weighted by Crippen LogP contribution is -2.23. The van der Waals surface area contributed by atoms with Gasteiger partial charge in [-0.15, -0.1) is 0 Å². The Labute approximate surface area is 139 Å². The minimum Gasteiger partial charge on any atom is -0.310 e. The first-order valence-electron chi connectivity index (χ1n) is 7.13. The number of halogens is 1. The molecule has 23 heavy (non-hydrogen) atoms. The van der Waals surface area contributed by atoms with Crippen LogP contribution in [0.4, 0.5) is 0 Å². The van der Waals surface area contributed by atoms with Gasteiger partial charge in [-0.3, -0.25) is 4.79 Å². The molecule has 3 rings (SSSR count). The van der Waals surface area contributed by atoms with Crippen LogP contribution in [0.3, 0.4) is 0 Å². The largest absolute Gasteiger partial charge is 0.310 e. The van der Waals surface area contributed by atoms with Crippen LogP contribution in [0.5, 0.6) is 0 Å². The van der Waals surface area contributed by atoms with Gasteiger partial charge in [0.05, 0.1) is 6.54 Å². The molecule has 3 nitrogen and oxygen atoms in total. The van der Waals surface area contributed by atoms with Crippen LogP contribution in [0.15, 0.2) is 71.7 Å². The molecule has 0 aliphatic carbocycles. The predicted molar refractivity (Wildman–Crippen MR) is 91.4 cm³/mol. The van der Waals surface area contributed by atoms with E-state index in [2.05, 4.69) is 0 Å². The van der Waals surface area contributed by atoms with Crippen molar-refractivity contribution in [2.24, 2.45) is 0 Å². The molecule has 2 aromatic carbocycles. The highest BCUT2D eigenvalue weighted by Gasteiger charge is 2.12. The zero-order valence-corrected chi connectivity index (χ0v) is 13.0. The van der Waals surface area contributed by atoms with Crippen LogP contribution < -0.4 is 5.56 Å². The topological polar surface area (TPSA) is 45.8 Å². The fourth-order valence-electron chi connectivity index (χ4n) is 2.48. The molecule has 0 spiro atoms. The van der Waals surface area contributed by atoms with Crippen molar-refractivity contribution in [3.8, 4) is 17.2 Å². The van der Waals surface area contributed by atoms with Crippen LogP contribution in [-0.2, 0) is 6.54 Å². The van der Waals surface area contributed by atoms with Crippen molar-refractivity contribution in [3.05, 3.63) is 93.4 Å². The predicted octanol–water partition coefficient (Wildman–Crippen LogP) is 4.09. The standard InChI is InChI=1S/C19H13ClN2O/c20-18-9-5-4-8-15(18)13-22-11-10-16(17(12-21)19(22)23)14-6-2-1-3-7-14/h1-11H,13H2. The second-order valence-corrected chi connectivity index (χ2v) is 5.51. The van der Waals surface area contributed by atoms with Gasteiger partial charge in [-0.2, -0.15) is 5.26 Å². The average molecular weight is 321 g/mol. The third-order valence-corrected chi connectivity index (χ3v) is 4.03. The molecule has 0 amide bonds. The Morgan fingerprint density at radius 1 is 1.00 bits per heavy atom. The molecule has 0 saturated heterocycles. The molecule has 3 aromatic rings. The molecular formula is C19H13ClN2O. The van der Waals surface area contributed by atoms with Crippen LogP contribution in [0.25, 0.3) is 11.1 Å². The van der Waals surface area contributed by atoms with E-state index in [0.29, 0.717) is 17.1 Å². The smallest absolute Gasteiger partial charge is 0.269 e. The summed E-state index contributed by atoms with van der Waals surface area (Å²) < 4.78 is 1.51. The molecule has 0 bridgehead atoms. The fraction of sp³-hybridized carbons (Fsp3) is 0.0526. The first-order valence-corrected chi connectivity index (χ1v) is 7.51. The van der Waals surface area contributed by atoms with Crippen LogP contribution in [0.1, 0.15) is 11.1 Å². The van der Waals surface area contributed by atoms with Gasteiger partial charge in [0.25, 0.3) is 5.56 Å². The van der Waals surface area contributed by atoms with E-state index in [4.69, 9.17) is 11.6 Å². The lowest BCUT2D eigenvalue weighted by Gasteiger charge is -2.10. The maximum atomic E-state index is 12.6. The van der Waals surface area contributed by atoms with E-state index >= 15 is 0 Å². The van der Waals surface area contributed by atoms with E-state index in [1.165, 1.54) is 4.57 Å². The SMILES string of the molecule is N#Cc1c(-c2ccccc2)ccn(Cc2ccccc2Cl)c1=O. The molecule has 0 saturated carbocycles. The summed E-state index contributed by atoms with van der Waals surface area (Å²) in [6.45, 7) is 0.336. The zero-order chi connectivity index (χ0) is 16.2. The van der Waals surface area contributed by atoms with Crippen LogP contribution in [0.2, 0.25) is 5.02 Å². The summed E-state index contributed by atoms with van der Waals surface area (Å²) in [5, 5.41) is 10.0. The molecular weight excluding hydrogens is 308 g/mol. The number of nitriles is 1. The maximum absolute atomic E-state index is 12.6. The van der Waals surface area contributed by atoms with E-state index in [-0.39, 0.29) is 11.1 Å². The van der Waals surface area contributed by atoms with Crippen molar-refractivity contribution >= 4 is 11.6 Å². The van der Waals surface area contributed by atoms with E-state index in [1.807, 2.05) is 54.6 Å².